The van der Waals surface area contributed by atoms with E-state index in [0.717, 1.165) is 43.6 Å². The first-order chi connectivity index (χ1) is 13.2. The normalized spacial score (nSPS) is 13.3. The maximum absolute atomic E-state index is 11.5. The topological polar surface area (TPSA) is 83.5 Å². The van der Waals surface area contributed by atoms with E-state index in [9.17, 15) is 14.4 Å². The number of carboxylic acid groups (broad SMARTS) is 1. The molecule has 0 radical (unpaired) electrons. The van der Waals surface area contributed by atoms with Gasteiger partial charge in [0.2, 0.25) is 5.91 Å². The summed E-state index contributed by atoms with van der Waals surface area (Å²) < 4.78 is 0. The average Bonchev–Trinajstić information content (AvgIpc) is 2.62. The second-order valence-electron chi connectivity index (χ2n) is 6.92. The molecule has 0 spiro atoms. The van der Waals surface area contributed by atoms with E-state index in [1.54, 1.807) is 11.8 Å². The van der Waals surface area contributed by atoms with Gasteiger partial charge in [0.05, 0.1) is 6.04 Å². The van der Waals surface area contributed by atoms with E-state index in [-0.39, 0.29) is 0 Å². The van der Waals surface area contributed by atoms with Gasteiger partial charge in [0.25, 0.3) is 0 Å². The molecule has 0 aromatic rings. The lowest BCUT2D eigenvalue weighted by Crippen LogP contribution is -2.36. The summed E-state index contributed by atoms with van der Waals surface area (Å²) in [5.41, 5.74) is 4.08. The number of hydrogen-bond acceptors (Lipinski definition) is 4. The van der Waals surface area contributed by atoms with Gasteiger partial charge in [-0.2, -0.15) is 11.8 Å². The molecular weight excluding hydrogens is 374 g/mol. The number of thioether (sulfide) groups is 1. The van der Waals surface area contributed by atoms with Gasteiger partial charge in [-0.1, -0.05) is 34.9 Å². The van der Waals surface area contributed by atoms with E-state index < -0.39 is 17.9 Å². The second kappa shape index (κ2) is 15.9. The first-order valence-electron chi connectivity index (χ1n) is 9.43. The number of amides is 1. The first-order valence-corrected chi connectivity index (χ1v) is 10.6. The number of carbonyl (C=O) groups is 3. The molecule has 6 heteroatoms. The van der Waals surface area contributed by atoms with Crippen LogP contribution in [-0.4, -0.2) is 40.8 Å². The van der Waals surface area contributed by atoms with E-state index in [1.807, 2.05) is 0 Å². The van der Waals surface area contributed by atoms with E-state index in [0.29, 0.717) is 12.0 Å². The van der Waals surface area contributed by atoms with Crippen LogP contribution in [0.4, 0.5) is 0 Å². The highest BCUT2D eigenvalue weighted by molar-refractivity contribution is 7.99. The van der Waals surface area contributed by atoms with Crippen LogP contribution >= 0.6 is 11.8 Å². The Balaban J connectivity index is 4.12. The number of aliphatic carboxylic acids is 1. The molecule has 1 unspecified atom stereocenters. The SMILES string of the molecule is CC(C)=CCC/C(C)=C/CC/C(C)=C/CSCC(C=O)NC(=O)/C=C/C(=O)O. The zero-order valence-corrected chi connectivity index (χ0v) is 18.2. The predicted octanol–water partition coefficient (Wildman–Crippen LogP) is 4.46. The third-order valence-corrected chi connectivity index (χ3v) is 4.84. The maximum Gasteiger partial charge on any atom is 0.328 e. The Bertz CT molecular complexity index is 628. The lowest BCUT2D eigenvalue weighted by molar-refractivity contribution is -0.131. The number of hydrogen-bond donors (Lipinski definition) is 2. The molecular formula is C22H33NO4S. The maximum atomic E-state index is 11.5. The van der Waals surface area contributed by atoms with E-state index >= 15 is 0 Å². The van der Waals surface area contributed by atoms with Crippen molar-refractivity contribution in [2.24, 2.45) is 0 Å². The molecule has 0 bridgehead atoms. The van der Waals surface area contributed by atoms with Gasteiger partial charge in [-0.05, 0) is 53.4 Å². The third kappa shape index (κ3) is 16.1. The van der Waals surface area contributed by atoms with Crippen LogP contribution in [0.2, 0.25) is 0 Å². The van der Waals surface area contributed by atoms with Gasteiger partial charge in [-0.25, -0.2) is 4.79 Å². The van der Waals surface area contributed by atoms with Crippen molar-refractivity contribution in [1.29, 1.82) is 0 Å². The zero-order valence-electron chi connectivity index (χ0n) is 17.4. The highest BCUT2D eigenvalue weighted by Crippen LogP contribution is 2.12. The smallest absolute Gasteiger partial charge is 0.328 e. The van der Waals surface area contributed by atoms with Crippen molar-refractivity contribution >= 4 is 29.9 Å². The summed E-state index contributed by atoms with van der Waals surface area (Å²) in [5, 5.41) is 10.9. The van der Waals surface area contributed by atoms with E-state index in [2.05, 4.69) is 51.2 Å². The van der Waals surface area contributed by atoms with Crippen LogP contribution in [0.1, 0.15) is 53.4 Å². The molecule has 0 heterocycles. The molecule has 1 amide bonds. The lowest BCUT2D eigenvalue weighted by Gasteiger charge is -2.10. The van der Waals surface area contributed by atoms with Crippen molar-refractivity contribution in [2.45, 2.75) is 59.4 Å². The molecule has 0 aliphatic carbocycles. The van der Waals surface area contributed by atoms with Crippen molar-refractivity contribution in [3.05, 3.63) is 47.1 Å². The Morgan fingerprint density at radius 2 is 1.57 bits per heavy atom. The number of carbonyl (C=O) groups excluding carboxylic acids is 2. The highest BCUT2D eigenvalue weighted by atomic mass is 32.2. The number of allylic oxidation sites excluding steroid dienone is 5. The Hall–Kier alpha value is -2.08. The summed E-state index contributed by atoms with van der Waals surface area (Å²) >= 11 is 1.55. The molecule has 0 saturated heterocycles. The zero-order chi connectivity index (χ0) is 21.4. The van der Waals surface area contributed by atoms with Gasteiger partial charge in [0.1, 0.15) is 6.29 Å². The van der Waals surface area contributed by atoms with Crippen molar-refractivity contribution in [3.63, 3.8) is 0 Å². The van der Waals surface area contributed by atoms with Crippen molar-refractivity contribution < 1.29 is 19.5 Å². The van der Waals surface area contributed by atoms with Gasteiger partial charge in [-0.3, -0.25) is 4.79 Å². The van der Waals surface area contributed by atoms with Crippen molar-refractivity contribution in [1.82, 2.24) is 5.32 Å². The predicted molar refractivity (Wildman–Crippen MR) is 118 cm³/mol. The quantitative estimate of drug-likeness (QED) is 0.192. The van der Waals surface area contributed by atoms with E-state index in [1.165, 1.54) is 16.7 Å². The minimum absolute atomic E-state index is 0.448. The summed E-state index contributed by atoms with van der Waals surface area (Å²) in [7, 11) is 0. The largest absolute Gasteiger partial charge is 0.478 e. The van der Waals surface area contributed by atoms with Crippen LogP contribution in [0.5, 0.6) is 0 Å². The van der Waals surface area contributed by atoms with Crippen LogP contribution in [0, 0.1) is 0 Å². The molecule has 0 saturated carbocycles. The molecule has 0 aliphatic rings. The molecule has 1 atom stereocenters. The molecule has 28 heavy (non-hydrogen) atoms. The minimum Gasteiger partial charge on any atom is -0.478 e. The van der Waals surface area contributed by atoms with Crippen LogP contribution in [0.15, 0.2) is 47.1 Å². The summed E-state index contributed by atoms with van der Waals surface area (Å²) in [4.78, 5) is 32.9. The fraction of sp³-hybridized carbons (Fsp3) is 0.500. The molecule has 0 aromatic heterocycles. The molecule has 0 rings (SSSR count). The molecule has 0 aliphatic heterocycles. The van der Waals surface area contributed by atoms with Crippen LogP contribution in [-0.2, 0) is 14.4 Å². The Labute approximate surface area is 173 Å². The minimum atomic E-state index is -1.20. The Morgan fingerprint density at radius 1 is 0.964 bits per heavy atom. The first kappa shape index (κ1) is 25.9. The number of aldehydes is 1. The number of nitrogens with one attached hydrogen (secondary N) is 1. The van der Waals surface area contributed by atoms with Gasteiger partial charge in [-0.15, -0.1) is 0 Å². The molecule has 156 valence electrons. The van der Waals surface area contributed by atoms with Crippen LogP contribution < -0.4 is 5.32 Å². The Kier molecular flexibility index (Phi) is 14.7. The summed E-state index contributed by atoms with van der Waals surface area (Å²) in [5.74, 6) is -0.576. The third-order valence-electron chi connectivity index (χ3n) is 3.84. The molecule has 0 aromatic carbocycles. The highest BCUT2D eigenvalue weighted by Gasteiger charge is 2.09. The summed E-state index contributed by atoms with van der Waals surface area (Å²) in [6, 6.07) is -0.629. The van der Waals surface area contributed by atoms with Crippen molar-refractivity contribution in [3.8, 4) is 0 Å². The Morgan fingerprint density at radius 3 is 2.14 bits per heavy atom. The molecule has 0 fully saturated rings. The number of carboxylic acids is 1. The average molecular weight is 408 g/mol. The lowest BCUT2D eigenvalue weighted by atomic mass is 10.1. The van der Waals surface area contributed by atoms with Crippen molar-refractivity contribution in [2.75, 3.05) is 11.5 Å². The molecule has 5 nitrogen and oxygen atoms in total. The summed E-state index contributed by atoms with van der Waals surface area (Å²) in [6.45, 7) is 8.51. The second-order valence-corrected chi connectivity index (χ2v) is 7.99. The van der Waals surface area contributed by atoms with Gasteiger partial charge < -0.3 is 15.2 Å². The van der Waals surface area contributed by atoms with E-state index in [4.69, 9.17) is 5.11 Å². The van der Waals surface area contributed by atoms with Crippen LogP contribution in [0.3, 0.4) is 0 Å². The summed E-state index contributed by atoms with van der Waals surface area (Å²) in [6.07, 6.45) is 13.2. The van der Waals surface area contributed by atoms with Gasteiger partial charge in [0.15, 0.2) is 0 Å². The standard InChI is InChI=1S/C22H33NO4S/c1-17(2)7-5-8-18(3)9-6-10-19(4)13-14-28-16-20(15-24)23-21(25)11-12-22(26)27/h7,9,11-13,15,20H,5-6,8,10,14,16H2,1-4H3,(H,23,25)(H,26,27)/b12-11+,18-9+,19-13+. The van der Waals surface area contributed by atoms with Gasteiger partial charge >= 0.3 is 5.97 Å². The molecule has 2 N–H and O–H groups in total. The monoisotopic (exact) mass is 407 g/mol. The number of rotatable bonds is 14. The van der Waals surface area contributed by atoms with Crippen LogP contribution in [0.25, 0.3) is 0 Å². The fourth-order valence-electron chi connectivity index (χ4n) is 2.23. The van der Waals surface area contributed by atoms with Gasteiger partial charge in [0, 0.05) is 23.7 Å². The fourth-order valence-corrected chi connectivity index (χ4v) is 3.18.